The molecule has 29 heavy (non-hydrogen) atoms. The molecule has 0 aliphatic heterocycles. The number of aliphatic hydroxyl groups is 1. The van der Waals surface area contributed by atoms with Crippen LogP contribution in [0, 0.1) is 0 Å². The topological polar surface area (TPSA) is 95.5 Å². The van der Waals surface area contributed by atoms with Crippen LogP contribution in [0.4, 0.5) is 5.69 Å². The van der Waals surface area contributed by atoms with E-state index in [2.05, 4.69) is 10.0 Å². The average Bonchev–Trinajstić information content (AvgIpc) is 2.72. The summed E-state index contributed by atoms with van der Waals surface area (Å²) in [4.78, 5) is 12.6. The maximum absolute atomic E-state index is 12.8. The highest BCUT2D eigenvalue weighted by atomic mass is 32.2. The van der Waals surface area contributed by atoms with Gasteiger partial charge in [0.2, 0.25) is 0 Å². The highest BCUT2D eigenvalue weighted by molar-refractivity contribution is 7.92. The Balaban J connectivity index is 1.80. The average molecular weight is 413 g/mol. The first-order valence-corrected chi connectivity index (χ1v) is 10.9. The van der Waals surface area contributed by atoms with Gasteiger partial charge in [-0.1, -0.05) is 49.7 Å². The Kier molecular flexibility index (Phi) is 6.51. The second kappa shape index (κ2) is 9.07. The lowest BCUT2D eigenvalue weighted by Gasteiger charge is -2.16. The zero-order valence-corrected chi connectivity index (χ0v) is 16.9. The molecule has 3 rings (SSSR count). The second-order valence-corrected chi connectivity index (χ2v) is 8.52. The van der Waals surface area contributed by atoms with Gasteiger partial charge in [-0.15, -0.1) is 0 Å². The monoisotopic (exact) mass is 412 g/mol. The van der Waals surface area contributed by atoms with Crippen LogP contribution >= 0.6 is 0 Å². The van der Waals surface area contributed by atoms with Gasteiger partial charge in [0.25, 0.3) is 15.9 Å². The molecule has 0 radical (unpaired) electrons. The van der Waals surface area contributed by atoms with E-state index >= 15 is 0 Å². The molecule has 0 aliphatic carbocycles. The Labute approximate surface area is 170 Å². The van der Waals surface area contributed by atoms with Gasteiger partial charge in [0.05, 0.1) is 17.5 Å². The molecule has 1 atom stereocenters. The molecule has 152 valence electrons. The van der Waals surface area contributed by atoms with Gasteiger partial charge < -0.3 is 10.4 Å². The van der Waals surface area contributed by atoms with Crippen LogP contribution in [0.25, 0.3) is 10.8 Å². The van der Waals surface area contributed by atoms with Crippen molar-refractivity contribution in [3.63, 3.8) is 0 Å². The van der Waals surface area contributed by atoms with Gasteiger partial charge in [-0.2, -0.15) is 0 Å². The van der Waals surface area contributed by atoms with Crippen LogP contribution < -0.4 is 10.0 Å². The highest BCUT2D eigenvalue weighted by Gasteiger charge is 2.17. The van der Waals surface area contributed by atoms with Crippen LogP contribution in [-0.2, 0) is 10.0 Å². The minimum Gasteiger partial charge on any atom is -0.394 e. The number of hydrogen-bond donors (Lipinski definition) is 3. The summed E-state index contributed by atoms with van der Waals surface area (Å²) in [5, 5.41) is 13.9. The molecular weight excluding hydrogens is 388 g/mol. The van der Waals surface area contributed by atoms with Gasteiger partial charge in [-0.05, 0) is 47.5 Å². The third kappa shape index (κ3) is 5.13. The lowest BCUT2D eigenvalue weighted by molar-refractivity contribution is 0.0913. The van der Waals surface area contributed by atoms with Crippen molar-refractivity contribution in [1.82, 2.24) is 5.32 Å². The van der Waals surface area contributed by atoms with Crippen molar-refractivity contribution in [2.75, 3.05) is 11.3 Å². The molecule has 0 aromatic heterocycles. The lowest BCUT2D eigenvalue weighted by atomic mass is 10.1. The minimum absolute atomic E-state index is 0.145. The molecule has 6 nitrogen and oxygen atoms in total. The van der Waals surface area contributed by atoms with E-state index in [-0.39, 0.29) is 23.5 Å². The number of aliphatic hydroxyl groups excluding tert-OH is 1. The molecular formula is C22H24N2O4S. The molecule has 0 bridgehead atoms. The third-order valence-corrected chi connectivity index (χ3v) is 5.98. The largest absolute Gasteiger partial charge is 0.394 e. The number of nitrogens with one attached hydrogen (secondary N) is 2. The first-order valence-electron chi connectivity index (χ1n) is 9.46. The summed E-state index contributed by atoms with van der Waals surface area (Å²) in [5.41, 5.74) is 0.611. The zero-order valence-electron chi connectivity index (χ0n) is 16.1. The molecule has 0 aliphatic rings. The first kappa shape index (κ1) is 20.8. The van der Waals surface area contributed by atoms with E-state index in [4.69, 9.17) is 0 Å². The number of anilines is 1. The molecule has 0 saturated heterocycles. The smallest absolute Gasteiger partial charge is 0.261 e. The van der Waals surface area contributed by atoms with Crippen molar-refractivity contribution in [3.05, 3.63) is 72.3 Å². The number of sulfonamides is 1. The Bertz CT molecular complexity index is 1110. The maximum atomic E-state index is 12.8. The van der Waals surface area contributed by atoms with E-state index in [1.54, 1.807) is 36.4 Å². The van der Waals surface area contributed by atoms with Crippen LogP contribution in [-0.4, -0.2) is 32.1 Å². The van der Waals surface area contributed by atoms with Crippen molar-refractivity contribution in [2.45, 2.75) is 30.7 Å². The van der Waals surface area contributed by atoms with Crippen molar-refractivity contribution < 1.29 is 18.3 Å². The van der Waals surface area contributed by atoms with Crippen molar-refractivity contribution >= 4 is 32.4 Å². The second-order valence-electron chi connectivity index (χ2n) is 6.84. The number of carbonyl (C=O) groups is 1. The number of fused-ring (bicyclic) bond motifs is 1. The number of amides is 1. The Morgan fingerprint density at radius 3 is 2.48 bits per heavy atom. The van der Waals surface area contributed by atoms with Crippen LogP contribution in [0.3, 0.4) is 0 Å². The van der Waals surface area contributed by atoms with Crippen molar-refractivity contribution in [3.8, 4) is 0 Å². The maximum Gasteiger partial charge on any atom is 0.261 e. The van der Waals surface area contributed by atoms with Gasteiger partial charge in [-0.3, -0.25) is 9.52 Å². The molecule has 0 unspecified atom stereocenters. The number of rotatable bonds is 8. The predicted molar refractivity (Wildman–Crippen MR) is 114 cm³/mol. The Hall–Kier alpha value is -2.90. The highest BCUT2D eigenvalue weighted by Crippen LogP contribution is 2.22. The summed E-state index contributed by atoms with van der Waals surface area (Å²) in [5.74, 6) is -0.357. The number of carbonyl (C=O) groups excluding carboxylic acids is 1. The van der Waals surface area contributed by atoms with Crippen LogP contribution in [0.5, 0.6) is 0 Å². The predicted octanol–water partition coefficient (Wildman–Crippen LogP) is 3.53. The SMILES string of the molecule is CCC[C@@H](CO)NC(=O)c1cccc(NS(=O)(=O)c2ccc3ccccc3c2)c1. The fraction of sp³-hybridized carbons (Fsp3) is 0.227. The van der Waals surface area contributed by atoms with E-state index < -0.39 is 10.0 Å². The van der Waals surface area contributed by atoms with Gasteiger partial charge in [0.15, 0.2) is 0 Å². The molecule has 3 aromatic carbocycles. The van der Waals surface area contributed by atoms with Gasteiger partial charge in [0.1, 0.15) is 0 Å². The fourth-order valence-corrected chi connectivity index (χ4v) is 4.18. The summed E-state index contributed by atoms with van der Waals surface area (Å²) in [6, 6.07) is 18.4. The molecule has 0 heterocycles. The van der Waals surface area contributed by atoms with Crippen LogP contribution in [0.1, 0.15) is 30.1 Å². The van der Waals surface area contributed by atoms with E-state index in [1.165, 1.54) is 6.07 Å². The van der Waals surface area contributed by atoms with E-state index in [0.29, 0.717) is 17.7 Å². The summed E-state index contributed by atoms with van der Waals surface area (Å²) >= 11 is 0. The Morgan fingerprint density at radius 2 is 1.76 bits per heavy atom. The van der Waals surface area contributed by atoms with Gasteiger partial charge in [-0.25, -0.2) is 8.42 Å². The fourth-order valence-electron chi connectivity index (χ4n) is 3.10. The van der Waals surface area contributed by atoms with E-state index in [0.717, 1.165) is 17.2 Å². The summed E-state index contributed by atoms with van der Waals surface area (Å²) in [6.07, 6.45) is 1.49. The number of hydrogen-bond acceptors (Lipinski definition) is 4. The molecule has 0 saturated carbocycles. The molecule has 7 heteroatoms. The zero-order chi connectivity index (χ0) is 20.9. The quantitative estimate of drug-likeness (QED) is 0.527. The Morgan fingerprint density at radius 1 is 1.00 bits per heavy atom. The number of benzene rings is 3. The van der Waals surface area contributed by atoms with Gasteiger partial charge in [0, 0.05) is 11.3 Å². The van der Waals surface area contributed by atoms with Crippen LogP contribution in [0.15, 0.2) is 71.6 Å². The molecule has 0 spiro atoms. The minimum atomic E-state index is -3.81. The molecule has 3 aromatic rings. The van der Waals surface area contributed by atoms with Crippen molar-refractivity contribution in [1.29, 1.82) is 0 Å². The standard InChI is InChI=1S/C22H24N2O4S/c1-2-6-20(15-25)23-22(26)18-9-5-10-19(13-18)24-29(27,28)21-12-11-16-7-3-4-8-17(16)14-21/h3-5,7-14,20,24-25H,2,6,15H2,1H3,(H,23,26)/t20-/m0/s1. The van der Waals surface area contributed by atoms with Gasteiger partial charge >= 0.3 is 0 Å². The first-order chi connectivity index (χ1) is 13.9. The molecule has 1 amide bonds. The molecule has 3 N–H and O–H groups in total. The lowest BCUT2D eigenvalue weighted by Crippen LogP contribution is -2.37. The van der Waals surface area contributed by atoms with E-state index in [1.807, 2.05) is 31.2 Å². The normalized spacial score (nSPS) is 12.5. The summed E-state index contributed by atoms with van der Waals surface area (Å²) < 4.78 is 28.1. The van der Waals surface area contributed by atoms with Crippen molar-refractivity contribution in [2.24, 2.45) is 0 Å². The van der Waals surface area contributed by atoms with Crippen LogP contribution in [0.2, 0.25) is 0 Å². The summed E-state index contributed by atoms with van der Waals surface area (Å²) in [7, 11) is -3.81. The third-order valence-electron chi connectivity index (χ3n) is 4.60. The molecule has 0 fully saturated rings. The summed E-state index contributed by atoms with van der Waals surface area (Å²) in [6.45, 7) is 1.82. The van der Waals surface area contributed by atoms with E-state index in [9.17, 15) is 18.3 Å².